The first-order valence-electron chi connectivity index (χ1n) is 8.38. The molecule has 2 heterocycles. The summed E-state index contributed by atoms with van der Waals surface area (Å²) in [6.45, 7) is 2.03. The number of aldehydes is 1. The van der Waals surface area contributed by atoms with E-state index >= 15 is 0 Å². The number of aromatic nitrogens is 1. The van der Waals surface area contributed by atoms with E-state index in [2.05, 4.69) is 4.98 Å². The van der Waals surface area contributed by atoms with Gasteiger partial charge in [0.2, 0.25) is 0 Å². The minimum Gasteiger partial charge on any atom is -0.303 e. The highest BCUT2D eigenvalue weighted by atomic mass is 19.1. The standard InChI is InChI=1S/C20H21FN2O/c1-15-18-13-17(21)8-9-19(18)23-20(15,10-4-2-3-5-12-24)16-7-6-11-22-14-16/h6-9,11-14H,2-5,10H2,1H3. The van der Waals surface area contributed by atoms with Gasteiger partial charge in [0.15, 0.2) is 0 Å². The van der Waals surface area contributed by atoms with Gasteiger partial charge in [-0.1, -0.05) is 18.9 Å². The molecule has 0 saturated heterocycles. The summed E-state index contributed by atoms with van der Waals surface area (Å²) in [5.41, 5.74) is 1.63. The number of hydrogen-bond acceptors (Lipinski definition) is 3. The van der Waals surface area contributed by atoms with Crippen molar-refractivity contribution < 1.29 is 9.18 Å². The summed E-state index contributed by atoms with van der Waals surface area (Å²) in [5, 5.41) is 1.72. The molecule has 1 aromatic heterocycles. The van der Waals surface area contributed by atoms with Crippen molar-refractivity contribution in [1.82, 2.24) is 4.98 Å². The van der Waals surface area contributed by atoms with Crippen molar-refractivity contribution in [3.8, 4) is 0 Å². The molecular formula is C20H21FN2O. The zero-order valence-electron chi connectivity index (χ0n) is 13.8. The first-order valence-corrected chi connectivity index (χ1v) is 8.38. The molecule has 0 radical (unpaired) electrons. The average molecular weight is 324 g/mol. The Labute approximate surface area is 141 Å². The molecular weight excluding hydrogens is 303 g/mol. The molecule has 0 N–H and O–H groups in total. The highest BCUT2D eigenvalue weighted by Gasteiger charge is 2.36. The third-order valence-corrected chi connectivity index (χ3v) is 4.79. The van der Waals surface area contributed by atoms with Gasteiger partial charge in [0.25, 0.3) is 0 Å². The fraction of sp³-hybridized carbons (Fsp3) is 0.350. The van der Waals surface area contributed by atoms with Gasteiger partial charge in [0, 0.05) is 29.6 Å². The highest BCUT2D eigenvalue weighted by Crippen LogP contribution is 2.39. The van der Waals surface area contributed by atoms with E-state index in [1.54, 1.807) is 18.3 Å². The third-order valence-electron chi connectivity index (χ3n) is 4.79. The minimum absolute atomic E-state index is 0.240. The Morgan fingerprint density at radius 2 is 2.08 bits per heavy atom. The first-order chi connectivity index (χ1) is 11.7. The molecule has 0 saturated carbocycles. The molecule has 1 aromatic carbocycles. The van der Waals surface area contributed by atoms with E-state index in [0.717, 1.165) is 53.7 Å². The fourth-order valence-electron chi connectivity index (χ4n) is 3.48. The van der Waals surface area contributed by atoms with Crippen molar-refractivity contribution in [3.63, 3.8) is 0 Å². The lowest BCUT2D eigenvalue weighted by Crippen LogP contribution is -2.25. The summed E-state index contributed by atoms with van der Waals surface area (Å²) in [7, 11) is 0. The summed E-state index contributed by atoms with van der Waals surface area (Å²) in [6.07, 6.45) is 8.83. The molecule has 3 rings (SSSR count). The maximum absolute atomic E-state index is 13.7. The molecule has 0 bridgehead atoms. The predicted octanol–water partition coefficient (Wildman–Crippen LogP) is 3.07. The van der Waals surface area contributed by atoms with Crippen LogP contribution in [0.1, 0.15) is 44.6 Å². The van der Waals surface area contributed by atoms with Crippen LogP contribution in [0.15, 0.2) is 47.7 Å². The Bertz CT molecular complexity index is 848. The highest BCUT2D eigenvalue weighted by molar-refractivity contribution is 5.60. The molecule has 1 unspecified atom stereocenters. The number of halogens is 1. The molecule has 0 aliphatic carbocycles. The number of fused-ring (bicyclic) bond motifs is 1. The third kappa shape index (κ3) is 3.01. The van der Waals surface area contributed by atoms with Crippen molar-refractivity contribution >= 4 is 11.9 Å². The van der Waals surface area contributed by atoms with Gasteiger partial charge in [-0.15, -0.1) is 0 Å². The van der Waals surface area contributed by atoms with Crippen LogP contribution >= 0.6 is 0 Å². The van der Waals surface area contributed by atoms with Gasteiger partial charge in [-0.2, -0.15) is 0 Å². The Morgan fingerprint density at radius 1 is 1.21 bits per heavy atom. The lowest BCUT2D eigenvalue weighted by atomic mass is 9.80. The van der Waals surface area contributed by atoms with Crippen LogP contribution in [-0.4, -0.2) is 11.3 Å². The Hall–Kier alpha value is -2.36. The Balaban J connectivity index is 2.00. The molecule has 0 amide bonds. The van der Waals surface area contributed by atoms with Crippen molar-refractivity contribution in [2.75, 3.05) is 0 Å². The summed E-state index contributed by atoms with van der Waals surface area (Å²) in [6, 6.07) is 8.72. The molecule has 24 heavy (non-hydrogen) atoms. The molecule has 4 heteroatoms. The molecule has 2 aromatic rings. The Morgan fingerprint density at radius 3 is 2.83 bits per heavy atom. The van der Waals surface area contributed by atoms with Gasteiger partial charge in [-0.25, -0.2) is 4.39 Å². The van der Waals surface area contributed by atoms with Crippen LogP contribution in [0.5, 0.6) is 0 Å². The molecule has 1 atom stereocenters. The lowest BCUT2D eigenvalue weighted by molar-refractivity contribution is -0.107. The first kappa shape index (κ1) is 16.5. The largest absolute Gasteiger partial charge is 0.303 e. The second-order valence-corrected chi connectivity index (χ2v) is 6.27. The van der Waals surface area contributed by atoms with E-state index in [0.29, 0.717) is 6.42 Å². The molecule has 124 valence electrons. The number of hydrogen-bond donors (Lipinski definition) is 0. The zero-order valence-corrected chi connectivity index (χ0v) is 13.8. The number of rotatable bonds is 7. The fourth-order valence-corrected chi connectivity index (χ4v) is 3.48. The van der Waals surface area contributed by atoms with Crippen molar-refractivity contribution in [3.05, 3.63) is 64.7 Å². The number of pyridine rings is 1. The van der Waals surface area contributed by atoms with Crippen molar-refractivity contribution in [2.45, 2.75) is 44.6 Å². The van der Waals surface area contributed by atoms with Crippen LogP contribution in [-0.2, 0) is 10.3 Å². The zero-order chi connectivity index (χ0) is 17.0. The van der Waals surface area contributed by atoms with Gasteiger partial charge in [0.05, 0.1) is 5.36 Å². The van der Waals surface area contributed by atoms with E-state index in [1.165, 1.54) is 6.07 Å². The Kier molecular flexibility index (Phi) is 4.84. The molecule has 1 aliphatic rings. The molecule has 3 nitrogen and oxygen atoms in total. The summed E-state index contributed by atoms with van der Waals surface area (Å²) in [4.78, 5) is 19.7. The van der Waals surface area contributed by atoms with Crippen LogP contribution in [0.4, 0.5) is 4.39 Å². The minimum atomic E-state index is -0.481. The van der Waals surface area contributed by atoms with E-state index in [1.807, 2.05) is 25.3 Å². The number of carbonyl (C=O) groups is 1. The van der Waals surface area contributed by atoms with Crippen molar-refractivity contribution in [2.24, 2.45) is 4.99 Å². The van der Waals surface area contributed by atoms with E-state index in [4.69, 9.17) is 4.99 Å². The second-order valence-electron chi connectivity index (χ2n) is 6.27. The smallest absolute Gasteiger partial charge is 0.123 e. The molecule has 0 spiro atoms. The van der Waals surface area contributed by atoms with Crippen LogP contribution < -0.4 is 10.6 Å². The van der Waals surface area contributed by atoms with Gasteiger partial charge in [0.1, 0.15) is 17.6 Å². The number of carbonyl (C=O) groups excluding carboxylic acids is 1. The topological polar surface area (TPSA) is 42.3 Å². The second kappa shape index (κ2) is 7.04. The van der Waals surface area contributed by atoms with Crippen LogP contribution in [0.25, 0.3) is 5.57 Å². The number of benzene rings is 1. The van der Waals surface area contributed by atoms with Crippen LogP contribution in [0, 0.1) is 5.82 Å². The predicted molar refractivity (Wildman–Crippen MR) is 91.3 cm³/mol. The van der Waals surface area contributed by atoms with E-state index in [-0.39, 0.29) is 5.82 Å². The maximum atomic E-state index is 13.7. The van der Waals surface area contributed by atoms with Crippen LogP contribution in [0.2, 0.25) is 0 Å². The monoisotopic (exact) mass is 324 g/mol. The van der Waals surface area contributed by atoms with E-state index in [9.17, 15) is 9.18 Å². The average Bonchev–Trinajstić information content (AvgIpc) is 2.89. The van der Waals surface area contributed by atoms with Gasteiger partial charge >= 0.3 is 0 Å². The SMILES string of the molecule is CC1=c2cc(F)ccc2=NC1(CCCCCC=O)c1cccnc1. The van der Waals surface area contributed by atoms with Gasteiger partial charge in [-0.3, -0.25) is 9.98 Å². The maximum Gasteiger partial charge on any atom is 0.123 e. The lowest BCUT2D eigenvalue weighted by Gasteiger charge is -2.29. The van der Waals surface area contributed by atoms with Gasteiger partial charge < -0.3 is 4.79 Å². The van der Waals surface area contributed by atoms with Gasteiger partial charge in [-0.05, 0) is 49.6 Å². The normalized spacial score (nSPS) is 19.0. The summed E-state index contributed by atoms with van der Waals surface area (Å²) in [5.74, 6) is -0.240. The van der Waals surface area contributed by atoms with Crippen LogP contribution in [0.3, 0.4) is 0 Å². The quantitative estimate of drug-likeness (QED) is 0.580. The van der Waals surface area contributed by atoms with Crippen molar-refractivity contribution in [1.29, 1.82) is 0 Å². The summed E-state index contributed by atoms with van der Waals surface area (Å²) >= 11 is 0. The molecule has 0 fully saturated rings. The summed E-state index contributed by atoms with van der Waals surface area (Å²) < 4.78 is 13.7. The number of unbranched alkanes of at least 4 members (excludes halogenated alkanes) is 3. The van der Waals surface area contributed by atoms with E-state index < -0.39 is 5.54 Å². The molecule has 1 aliphatic heterocycles. The number of nitrogens with zero attached hydrogens (tertiary/aromatic N) is 2.